The molecule has 1 aromatic heterocycles. The van der Waals surface area contributed by atoms with Crippen LogP contribution in [-0.2, 0) is 0 Å². The molecular formula is C11H16N4. The third kappa shape index (κ3) is 3.21. The minimum atomic E-state index is 0.364. The summed E-state index contributed by atoms with van der Waals surface area (Å²) in [5.41, 5.74) is 0.364. The van der Waals surface area contributed by atoms with Gasteiger partial charge in [0.2, 0.25) is 0 Å². The molecule has 0 aromatic carbocycles. The summed E-state index contributed by atoms with van der Waals surface area (Å²) in [5.74, 6) is 1.21. The molecule has 4 heteroatoms. The van der Waals surface area contributed by atoms with Crippen molar-refractivity contribution in [2.45, 2.75) is 26.7 Å². The van der Waals surface area contributed by atoms with Crippen molar-refractivity contribution in [3.8, 4) is 6.07 Å². The lowest BCUT2D eigenvalue weighted by molar-refractivity contribution is 0.518. The Morgan fingerprint density at radius 1 is 1.33 bits per heavy atom. The van der Waals surface area contributed by atoms with Crippen LogP contribution in [0, 0.1) is 17.2 Å². The molecule has 80 valence electrons. The molecular weight excluding hydrogens is 188 g/mol. The Morgan fingerprint density at radius 2 is 2.00 bits per heavy atom. The second-order valence-electron chi connectivity index (χ2n) is 3.43. The van der Waals surface area contributed by atoms with Crippen LogP contribution in [0.2, 0.25) is 0 Å². The summed E-state index contributed by atoms with van der Waals surface area (Å²) in [6, 6.07) is 2.02. The Hall–Kier alpha value is -1.63. The van der Waals surface area contributed by atoms with Crippen LogP contribution in [0.25, 0.3) is 0 Å². The van der Waals surface area contributed by atoms with Crippen molar-refractivity contribution in [1.82, 2.24) is 9.97 Å². The molecule has 0 aliphatic heterocycles. The number of nitriles is 1. The fourth-order valence-corrected chi connectivity index (χ4v) is 1.37. The van der Waals surface area contributed by atoms with Crippen LogP contribution >= 0.6 is 0 Å². The van der Waals surface area contributed by atoms with Crippen molar-refractivity contribution in [2.75, 3.05) is 11.9 Å². The molecule has 0 unspecified atom stereocenters. The van der Waals surface area contributed by atoms with Gasteiger partial charge < -0.3 is 5.32 Å². The molecule has 0 spiro atoms. The van der Waals surface area contributed by atoms with E-state index in [0.717, 1.165) is 19.4 Å². The molecule has 0 aliphatic rings. The number of nitrogens with zero attached hydrogens (tertiary/aromatic N) is 3. The van der Waals surface area contributed by atoms with Crippen LogP contribution in [-0.4, -0.2) is 16.5 Å². The van der Waals surface area contributed by atoms with Gasteiger partial charge in [-0.2, -0.15) is 5.26 Å². The van der Waals surface area contributed by atoms with Gasteiger partial charge >= 0.3 is 0 Å². The van der Waals surface area contributed by atoms with E-state index in [-0.39, 0.29) is 0 Å². The molecule has 0 saturated heterocycles. The summed E-state index contributed by atoms with van der Waals surface area (Å²) in [4.78, 5) is 8.03. The van der Waals surface area contributed by atoms with Crippen LogP contribution in [0.5, 0.6) is 0 Å². The Morgan fingerprint density at radius 3 is 2.60 bits per heavy atom. The molecule has 0 radical (unpaired) electrons. The first kappa shape index (κ1) is 11.4. The molecule has 0 aliphatic carbocycles. The van der Waals surface area contributed by atoms with Crippen molar-refractivity contribution in [3.63, 3.8) is 0 Å². The van der Waals surface area contributed by atoms with Gasteiger partial charge in [0.15, 0.2) is 11.5 Å². The highest BCUT2D eigenvalue weighted by molar-refractivity contribution is 5.46. The first-order valence-electron chi connectivity index (χ1n) is 5.26. The van der Waals surface area contributed by atoms with E-state index in [2.05, 4.69) is 29.1 Å². The summed E-state index contributed by atoms with van der Waals surface area (Å²) in [6.07, 6.45) is 5.38. The van der Waals surface area contributed by atoms with E-state index in [1.807, 2.05) is 6.07 Å². The van der Waals surface area contributed by atoms with E-state index >= 15 is 0 Å². The van der Waals surface area contributed by atoms with Crippen molar-refractivity contribution < 1.29 is 0 Å². The van der Waals surface area contributed by atoms with Crippen LogP contribution in [0.3, 0.4) is 0 Å². The molecule has 1 rings (SSSR count). The zero-order chi connectivity index (χ0) is 11.1. The molecule has 0 atom stereocenters. The lowest BCUT2D eigenvalue weighted by Crippen LogP contribution is -2.14. The van der Waals surface area contributed by atoms with E-state index in [9.17, 15) is 0 Å². The van der Waals surface area contributed by atoms with Crippen molar-refractivity contribution in [2.24, 2.45) is 5.92 Å². The molecule has 0 amide bonds. The van der Waals surface area contributed by atoms with E-state index in [1.165, 1.54) is 6.20 Å². The number of rotatable bonds is 5. The van der Waals surface area contributed by atoms with Gasteiger partial charge in [0.25, 0.3) is 0 Å². The number of hydrogen-bond donors (Lipinski definition) is 1. The summed E-state index contributed by atoms with van der Waals surface area (Å²) in [5, 5.41) is 12.0. The van der Waals surface area contributed by atoms with E-state index in [0.29, 0.717) is 17.4 Å². The number of nitrogens with one attached hydrogen (secondary N) is 1. The fraction of sp³-hybridized carbons (Fsp3) is 0.545. The maximum absolute atomic E-state index is 8.81. The van der Waals surface area contributed by atoms with Gasteiger partial charge in [-0.05, 0) is 5.92 Å². The van der Waals surface area contributed by atoms with Crippen LogP contribution in [0.1, 0.15) is 32.4 Å². The zero-order valence-electron chi connectivity index (χ0n) is 9.20. The second kappa shape index (κ2) is 5.97. The van der Waals surface area contributed by atoms with Gasteiger partial charge in [-0.25, -0.2) is 9.97 Å². The maximum atomic E-state index is 8.81. The van der Waals surface area contributed by atoms with Gasteiger partial charge in [0.05, 0.1) is 0 Å². The SMILES string of the molecule is CCC(CC)CNc1nccnc1C#N. The highest BCUT2D eigenvalue weighted by Crippen LogP contribution is 2.11. The third-order valence-corrected chi connectivity index (χ3v) is 2.52. The third-order valence-electron chi connectivity index (χ3n) is 2.52. The number of aromatic nitrogens is 2. The first-order chi connectivity index (χ1) is 7.31. The van der Waals surface area contributed by atoms with Gasteiger partial charge in [-0.15, -0.1) is 0 Å². The maximum Gasteiger partial charge on any atom is 0.182 e. The standard InChI is InChI=1S/C11H16N4/c1-3-9(4-2)8-15-11-10(7-12)13-5-6-14-11/h5-6,9H,3-4,8H2,1-2H3,(H,14,15). The summed E-state index contributed by atoms with van der Waals surface area (Å²) < 4.78 is 0. The molecule has 0 fully saturated rings. The predicted octanol–water partition coefficient (Wildman–Crippen LogP) is 2.20. The quantitative estimate of drug-likeness (QED) is 0.798. The smallest absolute Gasteiger partial charge is 0.182 e. The van der Waals surface area contributed by atoms with Gasteiger partial charge in [0.1, 0.15) is 6.07 Å². The van der Waals surface area contributed by atoms with Crippen molar-refractivity contribution in [1.29, 1.82) is 5.26 Å². The van der Waals surface area contributed by atoms with Crippen molar-refractivity contribution >= 4 is 5.82 Å². The largest absolute Gasteiger partial charge is 0.367 e. The Bertz CT molecular complexity index is 339. The molecule has 0 saturated carbocycles. The normalized spacial score (nSPS) is 10.0. The lowest BCUT2D eigenvalue weighted by atomic mass is 10.0. The Kier molecular flexibility index (Phi) is 4.55. The highest BCUT2D eigenvalue weighted by atomic mass is 15.0. The average molecular weight is 204 g/mol. The fourth-order valence-electron chi connectivity index (χ4n) is 1.37. The minimum Gasteiger partial charge on any atom is -0.367 e. The topological polar surface area (TPSA) is 61.6 Å². The number of anilines is 1. The molecule has 1 heterocycles. The summed E-state index contributed by atoms with van der Waals surface area (Å²) in [7, 11) is 0. The lowest BCUT2D eigenvalue weighted by Gasteiger charge is -2.13. The van der Waals surface area contributed by atoms with Crippen LogP contribution in [0.15, 0.2) is 12.4 Å². The van der Waals surface area contributed by atoms with E-state index in [4.69, 9.17) is 5.26 Å². The monoisotopic (exact) mass is 204 g/mol. The van der Waals surface area contributed by atoms with E-state index in [1.54, 1.807) is 6.20 Å². The van der Waals surface area contributed by atoms with E-state index < -0.39 is 0 Å². The van der Waals surface area contributed by atoms with Crippen LogP contribution < -0.4 is 5.32 Å². The Labute approximate surface area is 90.4 Å². The zero-order valence-corrected chi connectivity index (χ0v) is 9.20. The molecule has 1 N–H and O–H groups in total. The predicted molar refractivity (Wildman–Crippen MR) is 59.3 cm³/mol. The van der Waals surface area contributed by atoms with Crippen LogP contribution in [0.4, 0.5) is 5.82 Å². The molecule has 4 nitrogen and oxygen atoms in total. The van der Waals surface area contributed by atoms with Crippen molar-refractivity contribution in [3.05, 3.63) is 18.1 Å². The average Bonchev–Trinajstić information content (AvgIpc) is 2.31. The molecule has 15 heavy (non-hydrogen) atoms. The van der Waals surface area contributed by atoms with Gasteiger partial charge in [-0.1, -0.05) is 26.7 Å². The summed E-state index contributed by atoms with van der Waals surface area (Å²) in [6.45, 7) is 5.18. The summed E-state index contributed by atoms with van der Waals surface area (Å²) >= 11 is 0. The highest BCUT2D eigenvalue weighted by Gasteiger charge is 2.06. The van der Waals surface area contributed by atoms with Gasteiger partial charge in [-0.3, -0.25) is 0 Å². The Balaban J connectivity index is 2.61. The molecule has 1 aromatic rings. The molecule has 0 bridgehead atoms. The van der Waals surface area contributed by atoms with Gasteiger partial charge in [0, 0.05) is 18.9 Å². The first-order valence-corrected chi connectivity index (χ1v) is 5.26. The minimum absolute atomic E-state index is 0.364. The number of hydrogen-bond acceptors (Lipinski definition) is 4. The second-order valence-corrected chi connectivity index (χ2v) is 3.43.